The molecule has 36 heavy (non-hydrogen) atoms. The van der Waals surface area contributed by atoms with Crippen LogP contribution < -0.4 is 4.74 Å². The summed E-state index contributed by atoms with van der Waals surface area (Å²) in [6.45, 7) is 3.59. The van der Waals surface area contributed by atoms with Crippen molar-refractivity contribution in [3.8, 4) is 16.9 Å². The molecule has 1 amide bonds. The van der Waals surface area contributed by atoms with E-state index in [1.165, 1.54) is 12.4 Å². The van der Waals surface area contributed by atoms with E-state index in [9.17, 15) is 18.4 Å². The van der Waals surface area contributed by atoms with Gasteiger partial charge in [0.05, 0.1) is 6.61 Å². The lowest BCUT2D eigenvalue weighted by molar-refractivity contribution is 0.0453. The monoisotopic (exact) mass is 503 g/mol. The standard InChI is InChI=1S/C26H31F2N3O5/c1-26(7-8-26)36-25(33)31-9-5-17(6-10-31)16-35-23-20(27)12-18(13-21(23)28)19-14-29-24(30-15-19)22(32)4-3-11-34-2/h12-15,17H,3-11,16H2,1-2H3. The molecule has 2 aliphatic rings. The highest BCUT2D eigenvalue weighted by atomic mass is 19.1. The van der Waals surface area contributed by atoms with Crippen molar-refractivity contribution in [2.45, 2.75) is 51.0 Å². The number of likely N-dealkylation sites (tertiary alicyclic amines) is 1. The molecule has 1 aliphatic heterocycles. The highest BCUT2D eigenvalue weighted by molar-refractivity contribution is 5.92. The predicted molar refractivity (Wildman–Crippen MR) is 127 cm³/mol. The van der Waals surface area contributed by atoms with Gasteiger partial charge in [-0.15, -0.1) is 0 Å². The highest BCUT2D eigenvalue weighted by Crippen LogP contribution is 2.39. The van der Waals surface area contributed by atoms with E-state index in [1.54, 1.807) is 12.0 Å². The maximum Gasteiger partial charge on any atom is 0.410 e. The first-order chi connectivity index (χ1) is 17.3. The number of hydrogen-bond acceptors (Lipinski definition) is 7. The van der Waals surface area contributed by atoms with Crippen LogP contribution in [0.3, 0.4) is 0 Å². The molecule has 1 aliphatic carbocycles. The molecule has 2 fully saturated rings. The largest absolute Gasteiger partial charge is 0.487 e. The summed E-state index contributed by atoms with van der Waals surface area (Å²) in [7, 11) is 1.56. The number of hydrogen-bond donors (Lipinski definition) is 0. The zero-order valence-electron chi connectivity index (χ0n) is 20.6. The van der Waals surface area contributed by atoms with Gasteiger partial charge in [0.25, 0.3) is 0 Å². The summed E-state index contributed by atoms with van der Waals surface area (Å²) in [5, 5.41) is 0. The summed E-state index contributed by atoms with van der Waals surface area (Å²) in [4.78, 5) is 34.1. The SMILES string of the molecule is COCCCC(=O)c1ncc(-c2cc(F)c(OCC3CCN(C(=O)OC4(C)CC4)CC3)c(F)c2)cn1. The molecule has 1 saturated carbocycles. The van der Waals surface area contributed by atoms with Crippen LogP contribution in [0.15, 0.2) is 24.5 Å². The Bertz CT molecular complexity index is 1060. The van der Waals surface area contributed by atoms with E-state index in [0.717, 1.165) is 25.0 Å². The van der Waals surface area contributed by atoms with Gasteiger partial charge in [0, 0.05) is 51.2 Å². The average molecular weight is 504 g/mol. The van der Waals surface area contributed by atoms with Gasteiger partial charge in [-0.2, -0.15) is 0 Å². The van der Waals surface area contributed by atoms with Crippen molar-refractivity contribution in [3.05, 3.63) is 42.0 Å². The van der Waals surface area contributed by atoms with Gasteiger partial charge in [-0.25, -0.2) is 23.5 Å². The molecule has 0 bridgehead atoms. The Morgan fingerprint density at radius 1 is 1.08 bits per heavy atom. The number of amides is 1. The zero-order chi connectivity index (χ0) is 25.7. The van der Waals surface area contributed by atoms with Gasteiger partial charge in [0.1, 0.15) is 5.60 Å². The number of ketones is 1. The van der Waals surface area contributed by atoms with Crippen LogP contribution in [0, 0.1) is 17.6 Å². The Hall–Kier alpha value is -3.14. The number of halogens is 2. The molecule has 2 heterocycles. The second kappa shape index (κ2) is 11.3. The van der Waals surface area contributed by atoms with E-state index in [-0.39, 0.29) is 47.8 Å². The first kappa shape index (κ1) is 25.9. The van der Waals surface area contributed by atoms with E-state index < -0.39 is 17.4 Å². The lowest BCUT2D eigenvalue weighted by Gasteiger charge is -2.32. The minimum absolute atomic E-state index is 0.0526. The quantitative estimate of drug-likeness (QED) is 0.339. The van der Waals surface area contributed by atoms with Crippen LogP contribution in [0.4, 0.5) is 13.6 Å². The molecule has 0 atom stereocenters. The Balaban J connectivity index is 1.30. The molecule has 1 aromatic carbocycles. The van der Waals surface area contributed by atoms with E-state index in [0.29, 0.717) is 44.5 Å². The Labute approximate surface area is 209 Å². The third-order valence-electron chi connectivity index (χ3n) is 6.61. The molecule has 0 spiro atoms. The molecule has 4 rings (SSSR count). The predicted octanol–water partition coefficient (Wildman–Crippen LogP) is 4.81. The van der Waals surface area contributed by atoms with Crippen molar-refractivity contribution >= 4 is 11.9 Å². The summed E-state index contributed by atoms with van der Waals surface area (Å²) in [5.41, 5.74) is 0.313. The normalized spacial score (nSPS) is 17.1. The second-order valence-electron chi connectivity index (χ2n) is 9.64. The van der Waals surface area contributed by atoms with Crippen LogP contribution in [-0.2, 0) is 9.47 Å². The van der Waals surface area contributed by atoms with Gasteiger partial charge >= 0.3 is 6.09 Å². The highest BCUT2D eigenvalue weighted by Gasteiger charge is 2.43. The first-order valence-electron chi connectivity index (χ1n) is 12.2. The lowest BCUT2D eigenvalue weighted by Crippen LogP contribution is -2.41. The Morgan fingerprint density at radius 2 is 1.72 bits per heavy atom. The molecule has 0 unspecified atom stereocenters. The Morgan fingerprint density at radius 3 is 2.31 bits per heavy atom. The fourth-order valence-electron chi connectivity index (χ4n) is 4.01. The van der Waals surface area contributed by atoms with Crippen molar-refractivity contribution in [2.75, 3.05) is 33.4 Å². The second-order valence-corrected chi connectivity index (χ2v) is 9.64. The molecule has 0 N–H and O–H groups in total. The molecular weight excluding hydrogens is 472 g/mol. The van der Waals surface area contributed by atoms with Gasteiger partial charge in [0.2, 0.25) is 0 Å². The van der Waals surface area contributed by atoms with Crippen molar-refractivity contribution in [1.82, 2.24) is 14.9 Å². The van der Waals surface area contributed by atoms with E-state index in [1.807, 2.05) is 6.92 Å². The summed E-state index contributed by atoms with van der Waals surface area (Å²) in [6.07, 6.45) is 6.38. The summed E-state index contributed by atoms with van der Waals surface area (Å²) < 4.78 is 45.4. The van der Waals surface area contributed by atoms with Crippen LogP contribution >= 0.6 is 0 Å². The molecule has 2 aromatic rings. The summed E-state index contributed by atoms with van der Waals surface area (Å²) >= 11 is 0. The minimum Gasteiger partial charge on any atom is -0.487 e. The molecule has 8 nitrogen and oxygen atoms in total. The number of carbonyl (C=O) groups excluding carboxylic acids is 2. The maximum atomic E-state index is 14.7. The number of aromatic nitrogens is 2. The molecule has 1 aromatic heterocycles. The Kier molecular flexibility index (Phi) is 8.13. The number of benzene rings is 1. The van der Waals surface area contributed by atoms with E-state index in [4.69, 9.17) is 14.2 Å². The van der Waals surface area contributed by atoms with Crippen LogP contribution in [0.1, 0.15) is 56.1 Å². The van der Waals surface area contributed by atoms with Gasteiger partial charge in [-0.3, -0.25) is 4.79 Å². The number of methoxy groups -OCH3 is 1. The molecular formula is C26H31F2N3O5. The van der Waals surface area contributed by atoms with Crippen molar-refractivity contribution < 1.29 is 32.6 Å². The van der Waals surface area contributed by atoms with Crippen molar-refractivity contribution in [1.29, 1.82) is 0 Å². The van der Waals surface area contributed by atoms with Crippen molar-refractivity contribution in [2.24, 2.45) is 5.92 Å². The third-order valence-corrected chi connectivity index (χ3v) is 6.61. The first-order valence-corrected chi connectivity index (χ1v) is 12.2. The number of rotatable bonds is 10. The number of carbonyl (C=O) groups is 2. The molecule has 0 radical (unpaired) electrons. The number of nitrogens with zero attached hydrogens (tertiary/aromatic N) is 3. The van der Waals surface area contributed by atoms with Gasteiger partial charge in [-0.1, -0.05) is 0 Å². The van der Waals surface area contributed by atoms with Gasteiger partial charge < -0.3 is 19.1 Å². The molecule has 1 saturated heterocycles. The maximum absolute atomic E-state index is 14.7. The summed E-state index contributed by atoms with van der Waals surface area (Å²) in [6, 6.07) is 2.32. The fourth-order valence-corrected chi connectivity index (χ4v) is 4.01. The summed E-state index contributed by atoms with van der Waals surface area (Å²) in [5.74, 6) is -2.19. The van der Waals surface area contributed by atoms with Gasteiger partial charge in [0.15, 0.2) is 29.0 Å². The van der Waals surface area contributed by atoms with E-state index in [2.05, 4.69) is 9.97 Å². The lowest BCUT2D eigenvalue weighted by atomic mass is 9.98. The number of piperidine rings is 1. The van der Waals surface area contributed by atoms with Crippen LogP contribution in [0.25, 0.3) is 11.1 Å². The fraction of sp³-hybridized carbons (Fsp3) is 0.538. The zero-order valence-corrected chi connectivity index (χ0v) is 20.6. The van der Waals surface area contributed by atoms with Gasteiger partial charge in [-0.05, 0) is 62.6 Å². The topological polar surface area (TPSA) is 90.9 Å². The number of ether oxygens (including phenoxy) is 3. The molecule has 10 heteroatoms. The average Bonchev–Trinajstić information content (AvgIpc) is 3.60. The van der Waals surface area contributed by atoms with Crippen LogP contribution in [0.2, 0.25) is 0 Å². The van der Waals surface area contributed by atoms with Crippen LogP contribution in [0.5, 0.6) is 5.75 Å². The van der Waals surface area contributed by atoms with E-state index >= 15 is 0 Å². The third kappa shape index (κ3) is 6.54. The molecule has 194 valence electrons. The smallest absolute Gasteiger partial charge is 0.410 e. The minimum atomic E-state index is -0.830. The van der Waals surface area contributed by atoms with Crippen molar-refractivity contribution in [3.63, 3.8) is 0 Å². The number of Topliss-reactive ketones (excluding diaryl/α,β-unsaturated/α-hetero) is 1. The van der Waals surface area contributed by atoms with Crippen LogP contribution in [-0.4, -0.2) is 65.8 Å².